The van der Waals surface area contributed by atoms with Gasteiger partial charge in [-0.05, 0) is 34.1 Å². The molecule has 0 spiro atoms. The maximum absolute atomic E-state index is 4.30. The Hall–Kier alpha value is -1.75. The first-order valence-corrected chi connectivity index (χ1v) is 5.54. The molecule has 78 valence electrons. The van der Waals surface area contributed by atoms with Gasteiger partial charge in [0.25, 0.3) is 0 Å². The molecule has 0 bridgehead atoms. The smallest absolute Gasteiger partial charge is 0.178 e. The Labute approximate surface area is 100 Å². The Morgan fingerprint density at radius 3 is 2.69 bits per heavy atom. The normalized spacial score (nSPS) is 10.8. The molecule has 0 aliphatic carbocycles. The molecule has 0 aromatic carbocycles. The van der Waals surface area contributed by atoms with E-state index in [9.17, 15) is 0 Å². The van der Waals surface area contributed by atoms with Crippen LogP contribution in [0.2, 0.25) is 0 Å². The lowest BCUT2D eigenvalue weighted by Gasteiger charge is -2.00. The van der Waals surface area contributed by atoms with Gasteiger partial charge in [-0.1, -0.05) is 0 Å². The minimum atomic E-state index is 0.674. The van der Waals surface area contributed by atoms with Gasteiger partial charge in [-0.15, -0.1) is 0 Å². The van der Waals surface area contributed by atoms with Crippen LogP contribution in [-0.4, -0.2) is 19.4 Å². The third-order valence-corrected chi connectivity index (χ3v) is 2.73. The van der Waals surface area contributed by atoms with Gasteiger partial charge in [0, 0.05) is 23.1 Å². The average Bonchev–Trinajstić information content (AvgIpc) is 2.73. The summed E-state index contributed by atoms with van der Waals surface area (Å²) in [7, 11) is 0. The number of aromatic nitrogens is 4. The average molecular weight is 275 g/mol. The van der Waals surface area contributed by atoms with E-state index in [1.54, 1.807) is 24.7 Å². The second-order valence-electron chi connectivity index (χ2n) is 3.29. The van der Waals surface area contributed by atoms with Gasteiger partial charge in [0.05, 0.1) is 6.20 Å². The molecule has 3 rings (SSSR count). The van der Waals surface area contributed by atoms with Crippen molar-refractivity contribution >= 4 is 21.6 Å². The molecule has 0 radical (unpaired) electrons. The van der Waals surface area contributed by atoms with Crippen molar-refractivity contribution in [1.29, 1.82) is 0 Å². The highest BCUT2D eigenvalue weighted by molar-refractivity contribution is 9.10. The van der Waals surface area contributed by atoms with E-state index in [0.717, 1.165) is 15.8 Å². The molecule has 0 aliphatic rings. The van der Waals surface area contributed by atoms with Crippen molar-refractivity contribution in [3.05, 3.63) is 47.5 Å². The summed E-state index contributed by atoms with van der Waals surface area (Å²) < 4.78 is 2.95. The zero-order valence-electron chi connectivity index (χ0n) is 8.21. The Balaban J connectivity index is 2.29. The van der Waals surface area contributed by atoms with Gasteiger partial charge in [-0.2, -0.15) is 0 Å². The Morgan fingerprint density at radius 2 is 1.88 bits per heavy atom. The van der Waals surface area contributed by atoms with Gasteiger partial charge < -0.3 is 0 Å². The fraction of sp³-hybridized carbons (Fsp3) is 0. The summed E-state index contributed by atoms with van der Waals surface area (Å²) in [5.74, 6) is 0.674. The highest BCUT2D eigenvalue weighted by Gasteiger charge is 2.07. The number of hydrogen-bond donors (Lipinski definition) is 0. The van der Waals surface area contributed by atoms with Gasteiger partial charge in [0.2, 0.25) is 0 Å². The van der Waals surface area contributed by atoms with Gasteiger partial charge >= 0.3 is 0 Å². The summed E-state index contributed by atoms with van der Waals surface area (Å²) >= 11 is 3.43. The zero-order chi connectivity index (χ0) is 11.0. The Kier molecular flexibility index (Phi) is 2.18. The van der Waals surface area contributed by atoms with Crippen molar-refractivity contribution in [2.45, 2.75) is 0 Å². The van der Waals surface area contributed by atoms with E-state index in [1.807, 2.05) is 22.7 Å². The van der Waals surface area contributed by atoms with E-state index < -0.39 is 0 Å². The SMILES string of the molecule is Brc1ccc2ncc(-c3ncccn3)n2c1. The van der Waals surface area contributed by atoms with Crippen LogP contribution < -0.4 is 0 Å². The standard InChI is InChI=1S/C11H7BrN4/c12-8-2-3-10-15-6-9(16(10)7-8)11-13-4-1-5-14-11/h1-7H. The molecule has 3 aromatic rings. The number of fused-ring (bicyclic) bond motifs is 1. The van der Waals surface area contributed by atoms with Crippen LogP contribution in [0.4, 0.5) is 0 Å². The summed E-state index contributed by atoms with van der Waals surface area (Å²) in [5, 5.41) is 0. The molecule has 0 unspecified atom stereocenters. The summed E-state index contributed by atoms with van der Waals surface area (Å²) in [6, 6.07) is 5.69. The van der Waals surface area contributed by atoms with Gasteiger partial charge in [-0.25, -0.2) is 15.0 Å². The number of hydrogen-bond acceptors (Lipinski definition) is 3. The zero-order valence-corrected chi connectivity index (χ0v) is 9.79. The van der Waals surface area contributed by atoms with Crippen molar-refractivity contribution in [2.75, 3.05) is 0 Å². The molecule has 0 saturated heterocycles. The highest BCUT2D eigenvalue weighted by atomic mass is 79.9. The van der Waals surface area contributed by atoms with Crippen LogP contribution >= 0.6 is 15.9 Å². The van der Waals surface area contributed by atoms with Crippen LogP contribution in [0, 0.1) is 0 Å². The van der Waals surface area contributed by atoms with Gasteiger partial charge in [-0.3, -0.25) is 4.40 Å². The molecular weight excluding hydrogens is 268 g/mol. The predicted molar refractivity (Wildman–Crippen MR) is 63.9 cm³/mol. The molecule has 0 amide bonds. The van der Waals surface area contributed by atoms with Crippen LogP contribution in [0.1, 0.15) is 0 Å². The largest absolute Gasteiger partial charge is 0.296 e. The van der Waals surface area contributed by atoms with Crippen molar-refractivity contribution in [3.8, 4) is 11.5 Å². The Morgan fingerprint density at radius 1 is 1.06 bits per heavy atom. The van der Waals surface area contributed by atoms with Crippen molar-refractivity contribution < 1.29 is 0 Å². The van der Waals surface area contributed by atoms with E-state index in [4.69, 9.17) is 0 Å². The lowest BCUT2D eigenvalue weighted by molar-refractivity contribution is 1.10. The second-order valence-corrected chi connectivity index (χ2v) is 4.21. The first-order chi connectivity index (χ1) is 7.84. The van der Waals surface area contributed by atoms with Crippen molar-refractivity contribution in [3.63, 3.8) is 0 Å². The molecule has 16 heavy (non-hydrogen) atoms. The van der Waals surface area contributed by atoms with E-state index in [2.05, 4.69) is 30.9 Å². The van der Waals surface area contributed by atoms with Crippen LogP contribution in [0.3, 0.4) is 0 Å². The van der Waals surface area contributed by atoms with E-state index >= 15 is 0 Å². The van der Waals surface area contributed by atoms with Crippen LogP contribution in [-0.2, 0) is 0 Å². The molecule has 0 N–H and O–H groups in total. The molecule has 5 heteroatoms. The van der Waals surface area contributed by atoms with E-state index in [-0.39, 0.29) is 0 Å². The summed E-state index contributed by atoms with van der Waals surface area (Å²) in [6.07, 6.45) is 7.17. The number of pyridine rings is 1. The molecule has 0 aliphatic heterocycles. The number of imidazole rings is 1. The quantitative estimate of drug-likeness (QED) is 0.685. The van der Waals surface area contributed by atoms with Gasteiger partial charge in [0.1, 0.15) is 11.3 Å². The molecule has 0 saturated carbocycles. The molecule has 3 heterocycles. The summed E-state index contributed by atoms with van der Waals surface area (Å²) in [5.41, 5.74) is 1.77. The van der Waals surface area contributed by atoms with E-state index in [0.29, 0.717) is 5.82 Å². The minimum Gasteiger partial charge on any atom is -0.296 e. The fourth-order valence-electron chi connectivity index (χ4n) is 1.55. The molecule has 0 fully saturated rings. The maximum atomic E-state index is 4.30. The van der Waals surface area contributed by atoms with Crippen molar-refractivity contribution in [2.24, 2.45) is 0 Å². The van der Waals surface area contributed by atoms with E-state index in [1.165, 1.54) is 0 Å². The van der Waals surface area contributed by atoms with Crippen molar-refractivity contribution in [1.82, 2.24) is 19.4 Å². The monoisotopic (exact) mass is 274 g/mol. The minimum absolute atomic E-state index is 0.674. The molecular formula is C11H7BrN4. The lowest BCUT2D eigenvalue weighted by atomic mass is 10.4. The third-order valence-electron chi connectivity index (χ3n) is 2.26. The number of nitrogens with zero attached hydrogens (tertiary/aromatic N) is 4. The maximum Gasteiger partial charge on any atom is 0.178 e. The van der Waals surface area contributed by atoms with Crippen LogP contribution in [0.15, 0.2) is 47.5 Å². The number of halogens is 1. The molecule has 0 atom stereocenters. The summed E-state index contributed by atoms with van der Waals surface area (Å²) in [4.78, 5) is 12.7. The predicted octanol–water partition coefficient (Wildman–Crippen LogP) is 2.55. The first-order valence-electron chi connectivity index (χ1n) is 4.74. The molecule has 3 aromatic heterocycles. The molecule has 4 nitrogen and oxygen atoms in total. The first kappa shape index (κ1) is 9.47. The Bertz CT molecular complexity index is 633. The summed E-state index contributed by atoms with van der Waals surface area (Å²) in [6.45, 7) is 0. The topological polar surface area (TPSA) is 43.1 Å². The van der Waals surface area contributed by atoms with Crippen LogP contribution in [0.5, 0.6) is 0 Å². The lowest BCUT2D eigenvalue weighted by Crippen LogP contribution is -1.92. The second kappa shape index (κ2) is 3.68. The van der Waals surface area contributed by atoms with Crippen LogP contribution in [0.25, 0.3) is 17.2 Å². The fourth-order valence-corrected chi connectivity index (χ4v) is 1.89. The number of rotatable bonds is 1. The van der Waals surface area contributed by atoms with Gasteiger partial charge in [0.15, 0.2) is 5.82 Å². The highest BCUT2D eigenvalue weighted by Crippen LogP contribution is 2.19. The third kappa shape index (κ3) is 1.49.